The van der Waals surface area contributed by atoms with Gasteiger partial charge >= 0.3 is 0 Å². The number of nitrogens with zero attached hydrogens (tertiary/aromatic N) is 2. The molecule has 3 atom stereocenters. The van der Waals surface area contributed by atoms with Gasteiger partial charge in [0.1, 0.15) is 11.0 Å². The lowest BCUT2D eigenvalue weighted by Gasteiger charge is -2.18. The molecule has 120 valence electrons. The molecular formula is C18H26N2OS. The lowest BCUT2D eigenvalue weighted by atomic mass is 10.00. The molecule has 1 aromatic rings. The summed E-state index contributed by atoms with van der Waals surface area (Å²) in [5, 5.41) is 0. The smallest absolute Gasteiger partial charge is 0.144 e. The van der Waals surface area contributed by atoms with Crippen LogP contribution < -0.4 is 0 Å². The Bertz CT molecular complexity index is 576. The van der Waals surface area contributed by atoms with E-state index in [4.69, 9.17) is 0 Å². The predicted molar refractivity (Wildman–Crippen MR) is 93.3 cm³/mol. The fraction of sp³-hybridized carbons (Fsp3) is 0.611. The van der Waals surface area contributed by atoms with Crippen molar-refractivity contribution >= 4 is 16.7 Å². The van der Waals surface area contributed by atoms with Crippen LogP contribution in [0.5, 0.6) is 0 Å². The van der Waals surface area contributed by atoms with E-state index in [0.29, 0.717) is 11.8 Å². The third-order valence-corrected chi connectivity index (χ3v) is 6.14. The monoisotopic (exact) mass is 318 g/mol. The highest BCUT2D eigenvalue weighted by atomic mass is 32.2. The van der Waals surface area contributed by atoms with Gasteiger partial charge in [-0.15, -0.1) is 0 Å². The van der Waals surface area contributed by atoms with Gasteiger partial charge in [0.05, 0.1) is 4.75 Å². The molecule has 1 aromatic carbocycles. The molecule has 1 aliphatic carbocycles. The van der Waals surface area contributed by atoms with Crippen molar-refractivity contribution in [3.8, 4) is 0 Å². The Morgan fingerprint density at radius 1 is 1.23 bits per heavy atom. The molecule has 0 amide bonds. The van der Waals surface area contributed by atoms with E-state index in [1.165, 1.54) is 17.7 Å². The third kappa shape index (κ3) is 3.49. The van der Waals surface area contributed by atoms with E-state index in [1.807, 2.05) is 20.8 Å². The summed E-state index contributed by atoms with van der Waals surface area (Å²) in [5.41, 5.74) is 2.58. The molecule has 0 bridgehead atoms. The van der Waals surface area contributed by atoms with Crippen LogP contribution in [0.15, 0.2) is 34.7 Å². The standard InChI is InChI=1S/C18H26N2OS/c1-18(2,3)22(21)19-17-10-9-15-12-20(13-16(15)17)11-14-7-5-4-6-8-14/h4-8,15-16H,9-13H2,1-3H3/t15-,16+,22+/m1/s1. The zero-order valence-electron chi connectivity index (χ0n) is 13.8. The van der Waals surface area contributed by atoms with E-state index >= 15 is 0 Å². The molecule has 4 heteroatoms. The highest BCUT2D eigenvalue weighted by molar-refractivity contribution is 7.85. The highest BCUT2D eigenvalue weighted by Crippen LogP contribution is 2.37. The first-order valence-corrected chi connectivity index (χ1v) is 9.30. The summed E-state index contributed by atoms with van der Waals surface area (Å²) in [6, 6.07) is 10.7. The van der Waals surface area contributed by atoms with Crippen LogP contribution in [0, 0.1) is 11.8 Å². The Morgan fingerprint density at radius 2 is 1.95 bits per heavy atom. The van der Waals surface area contributed by atoms with Crippen molar-refractivity contribution in [1.82, 2.24) is 4.90 Å². The Balaban J connectivity index is 1.66. The quantitative estimate of drug-likeness (QED) is 0.855. The van der Waals surface area contributed by atoms with Crippen LogP contribution in [0.2, 0.25) is 0 Å². The minimum Gasteiger partial charge on any atom is -0.298 e. The number of benzene rings is 1. The van der Waals surface area contributed by atoms with Gasteiger partial charge < -0.3 is 0 Å². The Labute approximate surface area is 136 Å². The maximum Gasteiger partial charge on any atom is 0.144 e. The minimum absolute atomic E-state index is 0.257. The lowest BCUT2D eigenvalue weighted by molar-refractivity contribution is 0.312. The highest BCUT2D eigenvalue weighted by Gasteiger charge is 2.40. The molecule has 0 spiro atoms. The van der Waals surface area contributed by atoms with Gasteiger partial charge in [-0.2, -0.15) is 4.40 Å². The first-order valence-electron chi connectivity index (χ1n) is 8.19. The summed E-state index contributed by atoms with van der Waals surface area (Å²) < 4.78 is 16.6. The first kappa shape index (κ1) is 15.9. The first-order chi connectivity index (χ1) is 10.4. The lowest BCUT2D eigenvalue weighted by Crippen LogP contribution is -2.25. The predicted octanol–water partition coefficient (Wildman–Crippen LogP) is 3.43. The molecule has 3 nitrogen and oxygen atoms in total. The fourth-order valence-electron chi connectivity index (χ4n) is 3.48. The van der Waals surface area contributed by atoms with Crippen LogP contribution in [0.25, 0.3) is 0 Å². The molecule has 3 rings (SSSR count). The summed E-state index contributed by atoms with van der Waals surface area (Å²) in [6.45, 7) is 9.23. The second-order valence-corrected chi connectivity index (χ2v) is 9.43. The molecule has 0 radical (unpaired) electrons. The van der Waals surface area contributed by atoms with Gasteiger partial charge in [0.2, 0.25) is 0 Å². The zero-order chi connectivity index (χ0) is 15.7. The number of hydrogen-bond acceptors (Lipinski definition) is 2. The summed E-state index contributed by atoms with van der Waals surface area (Å²) in [6.07, 6.45) is 2.24. The van der Waals surface area contributed by atoms with Crippen molar-refractivity contribution in [2.75, 3.05) is 13.1 Å². The molecule has 2 fully saturated rings. The number of fused-ring (bicyclic) bond motifs is 1. The van der Waals surface area contributed by atoms with E-state index in [9.17, 15) is 4.21 Å². The summed E-state index contributed by atoms with van der Waals surface area (Å²) in [4.78, 5) is 2.53. The SMILES string of the molecule is CC(C)(C)[S@](=O)N=C1CC[C@@H]2CN(Cc3ccccc3)C[C@H]12. The average Bonchev–Trinajstić information content (AvgIpc) is 3.00. The van der Waals surface area contributed by atoms with Crippen molar-refractivity contribution in [2.24, 2.45) is 16.2 Å². The van der Waals surface area contributed by atoms with Gasteiger partial charge in [-0.3, -0.25) is 4.90 Å². The molecular weight excluding hydrogens is 292 g/mol. The molecule has 1 heterocycles. The van der Waals surface area contributed by atoms with Crippen molar-refractivity contribution in [3.05, 3.63) is 35.9 Å². The molecule has 1 saturated carbocycles. The van der Waals surface area contributed by atoms with Crippen LogP contribution in [0.4, 0.5) is 0 Å². The van der Waals surface area contributed by atoms with Crippen molar-refractivity contribution in [1.29, 1.82) is 0 Å². The van der Waals surface area contributed by atoms with E-state index in [0.717, 1.165) is 26.1 Å². The maximum atomic E-state index is 12.3. The molecule has 0 aromatic heterocycles. The summed E-state index contributed by atoms with van der Waals surface area (Å²) in [7, 11) is -1.12. The molecule has 2 aliphatic rings. The zero-order valence-corrected chi connectivity index (χ0v) is 14.6. The van der Waals surface area contributed by atoms with Crippen LogP contribution in [0.3, 0.4) is 0 Å². The molecule has 22 heavy (non-hydrogen) atoms. The largest absolute Gasteiger partial charge is 0.298 e. The summed E-state index contributed by atoms with van der Waals surface area (Å²) in [5.74, 6) is 1.23. The average molecular weight is 318 g/mol. The maximum absolute atomic E-state index is 12.3. The topological polar surface area (TPSA) is 32.7 Å². The van der Waals surface area contributed by atoms with Gasteiger partial charge in [-0.25, -0.2) is 4.21 Å². The van der Waals surface area contributed by atoms with E-state index in [2.05, 4.69) is 39.6 Å². The second-order valence-electron chi connectivity index (χ2n) is 7.53. The van der Waals surface area contributed by atoms with Crippen LogP contribution in [0.1, 0.15) is 39.2 Å². The third-order valence-electron chi connectivity index (χ3n) is 4.69. The molecule has 1 saturated heterocycles. The Hall–Kier alpha value is -1.00. The van der Waals surface area contributed by atoms with Crippen LogP contribution in [-0.4, -0.2) is 32.7 Å². The van der Waals surface area contributed by atoms with Gasteiger partial charge in [0, 0.05) is 31.3 Å². The van der Waals surface area contributed by atoms with Crippen molar-refractivity contribution < 1.29 is 4.21 Å². The number of likely N-dealkylation sites (tertiary alicyclic amines) is 1. The minimum atomic E-state index is -1.12. The van der Waals surface area contributed by atoms with Crippen molar-refractivity contribution in [3.63, 3.8) is 0 Å². The molecule has 0 N–H and O–H groups in total. The van der Waals surface area contributed by atoms with E-state index in [1.54, 1.807) is 0 Å². The molecule has 0 unspecified atom stereocenters. The van der Waals surface area contributed by atoms with Crippen LogP contribution >= 0.6 is 0 Å². The fourth-order valence-corrected chi connectivity index (χ4v) is 4.19. The van der Waals surface area contributed by atoms with Crippen LogP contribution in [-0.2, 0) is 17.5 Å². The van der Waals surface area contributed by atoms with Gasteiger partial charge in [0.25, 0.3) is 0 Å². The van der Waals surface area contributed by atoms with Gasteiger partial charge in [-0.05, 0) is 45.1 Å². The Morgan fingerprint density at radius 3 is 2.64 bits per heavy atom. The van der Waals surface area contributed by atoms with Gasteiger partial charge in [-0.1, -0.05) is 30.3 Å². The van der Waals surface area contributed by atoms with E-state index < -0.39 is 11.0 Å². The van der Waals surface area contributed by atoms with Gasteiger partial charge in [0.15, 0.2) is 0 Å². The number of rotatable bonds is 3. The summed E-state index contributed by atoms with van der Waals surface area (Å²) >= 11 is 0. The number of hydrogen-bond donors (Lipinski definition) is 0. The van der Waals surface area contributed by atoms with Crippen molar-refractivity contribution in [2.45, 2.75) is 44.9 Å². The Kier molecular flexibility index (Phi) is 4.51. The van der Waals surface area contributed by atoms with E-state index in [-0.39, 0.29) is 4.75 Å². The molecule has 1 aliphatic heterocycles. The second kappa shape index (κ2) is 6.25. The normalized spacial score (nSPS) is 29.0.